The Morgan fingerprint density at radius 1 is 1.00 bits per heavy atom. The average Bonchev–Trinajstić information content (AvgIpc) is 3.28. The van der Waals surface area contributed by atoms with Gasteiger partial charge in [0.2, 0.25) is 17.7 Å². The minimum Gasteiger partial charge on any atom is -0.493 e. The van der Waals surface area contributed by atoms with Gasteiger partial charge in [-0.3, -0.25) is 0 Å². The van der Waals surface area contributed by atoms with E-state index in [1.807, 2.05) is 19.9 Å². The molecule has 0 aliphatic rings. The highest BCUT2D eigenvalue weighted by Gasteiger charge is 2.14. The number of hydrogen-bond donors (Lipinski definition) is 0. The van der Waals surface area contributed by atoms with Gasteiger partial charge in [0.15, 0.2) is 11.5 Å². The van der Waals surface area contributed by atoms with Crippen molar-refractivity contribution in [1.29, 1.82) is 0 Å². The van der Waals surface area contributed by atoms with Gasteiger partial charge in [-0.2, -0.15) is 0 Å². The number of aromatic nitrogens is 4. The maximum atomic E-state index is 5.67. The van der Waals surface area contributed by atoms with Gasteiger partial charge in [-0.05, 0) is 18.2 Å². The molecule has 0 amide bonds. The molecule has 0 saturated carbocycles. The lowest BCUT2D eigenvalue weighted by Crippen LogP contribution is -1.90. The SMILES string of the molecule is COc1ccc(-c2nnc(SCc3nnc(C(C)C)o3)o2)cc1OC. The molecule has 132 valence electrons. The molecule has 0 N–H and O–H groups in total. The van der Waals surface area contributed by atoms with Crippen molar-refractivity contribution in [2.75, 3.05) is 14.2 Å². The number of thioether (sulfide) groups is 1. The molecule has 8 nitrogen and oxygen atoms in total. The first kappa shape index (κ1) is 17.3. The molecule has 3 aromatic rings. The lowest BCUT2D eigenvalue weighted by atomic mass is 10.2. The van der Waals surface area contributed by atoms with E-state index in [-0.39, 0.29) is 5.92 Å². The fourth-order valence-corrected chi connectivity index (χ4v) is 2.64. The Labute approximate surface area is 148 Å². The molecule has 25 heavy (non-hydrogen) atoms. The van der Waals surface area contributed by atoms with Crippen LogP contribution >= 0.6 is 11.8 Å². The zero-order valence-corrected chi connectivity index (χ0v) is 15.2. The fourth-order valence-electron chi connectivity index (χ4n) is 2.04. The lowest BCUT2D eigenvalue weighted by molar-refractivity contribution is 0.355. The second-order valence-corrected chi connectivity index (χ2v) is 6.35. The highest BCUT2D eigenvalue weighted by atomic mass is 32.2. The van der Waals surface area contributed by atoms with Gasteiger partial charge in [0.25, 0.3) is 5.22 Å². The summed E-state index contributed by atoms with van der Waals surface area (Å²) in [5.74, 6) is 3.44. The number of ether oxygens (including phenoxy) is 2. The molecule has 0 atom stereocenters. The third-order valence-corrected chi connectivity index (χ3v) is 4.14. The van der Waals surface area contributed by atoms with E-state index in [2.05, 4.69) is 20.4 Å². The van der Waals surface area contributed by atoms with Crippen molar-refractivity contribution in [3.63, 3.8) is 0 Å². The van der Waals surface area contributed by atoms with Crippen LogP contribution < -0.4 is 9.47 Å². The van der Waals surface area contributed by atoms with Crippen LogP contribution in [0.1, 0.15) is 31.5 Å². The van der Waals surface area contributed by atoms with Crippen molar-refractivity contribution >= 4 is 11.8 Å². The molecule has 0 aliphatic carbocycles. The maximum absolute atomic E-state index is 5.67. The fraction of sp³-hybridized carbons (Fsp3) is 0.375. The van der Waals surface area contributed by atoms with Crippen molar-refractivity contribution in [3.8, 4) is 23.0 Å². The summed E-state index contributed by atoms with van der Waals surface area (Å²) in [4.78, 5) is 0. The van der Waals surface area contributed by atoms with Crippen molar-refractivity contribution in [1.82, 2.24) is 20.4 Å². The summed E-state index contributed by atoms with van der Waals surface area (Å²) < 4.78 is 21.7. The summed E-state index contributed by atoms with van der Waals surface area (Å²) in [6.45, 7) is 4.00. The standard InChI is InChI=1S/C16H18N4O4S/c1-9(2)14-18-17-13(23-14)8-25-16-20-19-15(24-16)10-5-6-11(21-3)12(7-10)22-4/h5-7,9H,8H2,1-4H3. The second kappa shape index (κ2) is 7.56. The van der Waals surface area contributed by atoms with E-state index < -0.39 is 0 Å². The van der Waals surface area contributed by atoms with E-state index in [9.17, 15) is 0 Å². The predicted molar refractivity (Wildman–Crippen MR) is 90.8 cm³/mol. The lowest BCUT2D eigenvalue weighted by Gasteiger charge is -2.07. The van der Waals surface area contributed by atoms with Crippen LogP contribution in [-0.2, 0) is 5.75 Å². The van der Waals surface area contributed by atoms with Gasteiger partial charge in [-0.25, -0.2) is 0 Å². The number of methoxy groups -OCH3 is 2. The topological polar surface area (TPSA) is 96.3 Å². The Morgan fingerprint density at radius 3 is 2.48 bits per heavy atom. The van der Waals surface area contributed by atoms with Gasteiger partial charge in [-0.1, -0.05) is 25.6 Å². The first-order valence-electron chi connectivity index (χ1n) is 7.61. The van der Waals surface area contributed by atoms with Crippen LogP contribution in [-0.4, -0.2) is 34.6 Å². The Kier molecular flexibility index (Phi) is 5.22. The molecule has 0 aliphatic heterocycles. The molecule has 0 radical (unpaired) electrons. The summed E-state index contributed by atoms with van der Waals surface area (Å²) in [5.41, 5.74) is 0.747. The highest BCUT2D eigenvalue weighted by molar-refractivity contribution is 7.98. The molecule has 0 spiro atoms. The quantitative estimate of drug-likeness (QED) is 0.584. The molecular weight excluding hydrogens is 344 g/mol. The molecule has 2 aromatic heterocycles. The molecule has 0 unspecified atom stereocenters. The van der Waals surface area contributed by atoms with Crippen molar-refractivity contribution in [3.05, 3.63) is 30.0 Å². The number of rotatable bonds is 7. The third kappa shape index (κ3) is 3.93. The van der Waals surface area contributed by atoms with E-state index in [4.69, 9.17) is 18.3 Å². The monoisotopic (exact) mass is 362 g/mol. The van der Waals surface area contributed by atoms with Gasteiger partial charge in [-0.15, -0.1) is 20.4 Å². The van der Waals surface area contributed by atoms with E-state index in [1.54, 1.807) is 26.4 Å². The van der Waals surface area contributed by atoms with Gasteiger partial charge >= 0.3 is 0 Å². The number of benzene rings is 1. The van der Waals surface area contributed by atoms with Gasteiger partial charge in [0, 0.05) is 11.5 Å². The van der Waals surface area contributed by atoms with Crippen molar-refractivity contribution < 1.29 is 18.3 Å². The van der Waals surface area contributed by atoms with Crippen LogP contribution in [0.5, 0.6) is 11.5 Å². The largest absolute Gasteiger partial charge is 0.493 e. The smallest absolute Gasteiger partial charge is 0.277 e. The maximum Gasteiger partial charge on any atom is 0.277 e. The van der Waals surface area contributed by atoms with Crippen LogP contribution in [0, 0.1) is 0 Å². The summed E-state index contributed by atoms with van der Waals surface area (Å²) in [6.07, 6.45) is 0. The Balaban J connectivity index is 1.69. The number of nitrogens with zero attached hydrogens (tertiary/aromatic N) is 4. The van der Waals surface area contributed by atoms with Crippen molar-refractivity contribution in [2.45, 2.75) is 30.7 Å². The first-order chi connectivity index (χ1) is 12.1. The van der Waals surface area contributed by atoms with E-state index in [0.717, 1.165) is 5.56 Å². The van der Waals surface area contributed by atoms with Gasteiger partial charge < -0.3 is 18.3 Å². The summed E-state index contributed by atoms with van der Waals surface area (Å²) in [7, 11) is 3.16. The molecule has 0 bridgehead atoms. The molecule has 9 heteroatoms. The Morgan fingerprint density at radius 2 is 1.80 bits per heavy atom. The minimum absolute atomic E-state index is 0.200. The second-order valence-electron chi connectivity index (χ2n) is 5.42. The molecular formula is C16H18N4O4S. The molecule has 2 heterocycles. The molecule has 0 fully saturated rings. The minimum atomic E-state index is 0.200. The van der Waals surface area contributed by atoms with E-state index in [1.165, 1.54) is 11.8 Å². The van der Waals surface area contributed by atoms with E-state index >= 15 is 0 Å². The summed E-state index contributed by atoms with van der Waals surface area (Å²) >= 11 is 1.34. The zero-order chi connectivity index (χ0) is 17.8. The first-order valence-corrected chi connectivity index (χ1v) is 8.60. The van der Waals surface area contributed by atoms with Gasteiger partial charge in [0.05, 0.1) is 20.0 Å². The van der Waals surface area contributed by atoms with Crippen LogP contribution in [0.4, 0.5) is 0 Å². The van der Waals surface area contributed by atoms with Crippen LogP contribution in [0.25, 0.3) is 11.5 Å². The molecule has 0 saturated heterocycles. The third-order valence-electron chi connectivity index (χ3n) is 3.33. The zero-order valence-electron chi connectivity index (χ0n) is 14.3. The van der Waals surface area contributed by atoms with Crippen LogP contribution in [0.2, 0.25) is 0 Å². The summed E-state index contributed by atoms with van der Waals surface area (Å²) in [5, 5.41) is 16.5. The molecule has 3 rings (SSSR count). The van der Waals surface area contributed by atoms with Gasteiger partial charge in [0.1, 0.15) is 0 Å². The average molecular weight is 362 g/mol. The predicted octanol–water partition coefficient (Wildman–Crippen LogP) is 3.55. The van der Waals surface area contributed by atoms with Crippen LogP contribution in [0.3, 0.4) is 0 Å². The normalized spacial score (nSPS) is 11.1. The van der Waals surface area contributed by atoms with Crippen LogP contribution in [0.15, 0.2) is 32.3 Å². The van der Waals surface area contributed by atoms with Crippen molar-refractivity contribution in [2.24, 2.45) is 0 Å². The highest BCUT2D eigenvalue weighted by Crippen LogP contribution is 2.33. The number of hydrogen-bond acceptors (Lipinski definition) is 9. The van der Waals surface area contributed by atoms with E-state index in [0.29, 0.717) is 40.1 Å². The summed E-state index contributed by atoms with van der Waals surface area (Å²) in [6, 6.07) is 5.40. The Hall–Kier alpha value is -2.55. The molecule has 1 aromatic carbocycles. The Bertz CT molecular complexity index is 846.